The molecule has 0 bridgehead atoms. The molecule has 152 valence electrons. The number of nitrogens with zero attached hydrogens (tertiary/aromatic N) is 2. The number of hydrogen-bond donors (Lipinski definition) is 2. The predicted octanol–water partition coefficient (Wildman–Crippen LogP) is 2.75. The Bertz CT molecular complexity index is 803. The highest BCUT2D eigenvalue weighted by Gasteiger charge is 2.27. The maximum absolute atomic E-state index is 13.5. The Kier molecular flexibility index (Phi) is 6.83. The molecule has 28 heavy (non-hydrogen) atoms. The van der Waals surface area contributed by atoms with Crippen LogP contribution in [0.5, 0.6) is 11.5 Å². The highest BCUT2D eigenvalue weighted by molar-refractivity contribution is 5.39. The first kappa shape index (κ1) is 20.5. The van der Waals surface area contributed by atoms with Gasteiger partial charge in [-0.3, -0.25) is 9.80 Å². The van der Waals surface area contributed by atoms with E-state index in [1.54, 1.807) is 19.2 Å². The number of aliphatic hydroxyl groups is 1. The Balaban J connectivity index is 1.65. The molecule has 0 saturated carbocycles. The van der Waals surface area contributed by atoms with E-state index in [0.29, 0.717) is 30.8 Å². The van der Waals surface area contributed by atoms with Gasteiger partial charge in [-0.2, -0.15) is 0 Å². The average Bonchev–Trinajstić information content (AvgIpc) is 2.68. The first-order chi connectivity index (χ1) is 13.5. The number of aromatic hydroxyl groups is 1. The van der Waals surface area contributed by atoms with Crippen LogP contribution in [0.15, 0.2) is 36.4 Å². The van der Waals surface area contributed by atoms with Crippen molar-refractivity contribution in [3.63, 3.8) is 0 Å². The zero-order chi connectivity index (χ0) is 20.1. The van der Waals surface area contributed by atoms with Gasteiger partial charge in [-0.25, -0.2) is 8.78 Å². The summed E-state index contributed by atoms with van der Waals surface area (Å²) in [7, 11) is 1.56. The Morgan fingerprint density at radius 2 is 1.89 bits per heavy atom. The maximum Gasteiger partial charge on any atom is 0.159 e. The van der Waals surface area contributed by atoms with Crippen LogP contribution < -0.4 is 4.74 Å². The number of aliphatic hydroxyl groups excluding tert-OH is 1. The molecule has 7 heteroatoms. The van der Waals surface area contributed by atoms with E-state index >= 15 is 0 Å². The molecule has 1 atom stereocenters. The Labute approximate surface area is 163 Å². The van der Waals surface area contributed by atoms with Gasteiger partial charge >= 0.3 is 0 Å². The molecule has 1 heterocycles. The SMILES string of the molecule is COc1ccc(CN2CCN(Cc3ccc(F)c(F)c3)C(CCO)C2)c(O)c1. The summed E-state index contributed by atoms with van der Waals surface area (Å²) in [5.41, 5.74) is 1.53. The fraction of sp³-hybridized carbons (Fsp3) is 0.429. The van der Waals surface area contributed by atoms with E-state index in [0.717, 1.165) is 31.3 Å². The molecule has 1 unspecified atom stereocenters. The van der Waals surface area contributed by atoms with Gasteiger partial charge in [0.1, 0.15) is 11.5 Å². The van der Waals surface area contributed by atoms with E-state index < -0.39 is 11.6 Å². The van der Waals surface area contributed by atoms with Crippen molar-refractivity contribution in [3.05, 3.63) is 59.2 Å². The van der Waals surface area contributed by atoms with Crippen molar-refractivity contribution in [2.24, 2.45) is 0 Å². The molecule has 2 N–H and O–H groups in total. The summed E-state index contributed by atoms with van der Waals surface area (Å²) in [4.78, 5) is 4.41. The fourth-order valence-corrected chi connectivity index (χ4v) is 3.65. The molecular weight excluding hydrogens is 366 g/mol. The molecule has 0 radical (unpaired) electrons. The highest BCUT2D eigenvalue weighted by Crippen LogP contribution is 2.26. The van der Waals surface area contributed by atoms with Gasteiger partial charge in [0.2, 0.25) is 0 Å². The smallest absolute Gasteiger partial charge is 0.159 e. The molecule has 1 aliphatic heterocycles. The Morgan fingerprint density at radius 3 is 2.57 bits per heavy atom. The zero-order valence-corrected chi connectivity index (χ0v) is 15.9. The largest absolute Gasteiger partial charge is 0.507 e. The number of hydrogen-bond acceptors (Lipinski definition) is 5. The summed E-state index contributed by atoms with van der Waals surface area (Å²) in [5.74, 6) is -0.886. The van der Waals surface area contributed by atoms with Crippen LogP contribution >= 0.6 is 0 Å². The minimum absolute atomic E-state index is 0.0561. The van der Waals surface area contributed by atoms with Crippen molar-refractivity contribution < 1.29 is 23.7 Å². The van der Waals surface area contributed by atoms with Crippen molar-refractivity contribution >= 4 is 0 Å². The number of rotatable bonds is 7. The van der Waals surface area contributed by atoms with Crippen LogP contribution in [0.3, 0.4) is 0 Å². The highest BCUT2D eigenvalue weighted by atomic mass is 19.2. The minimum Gasteiger partial charge on any atom is -0.507 e. The van der Waals surface area contributed by atoms with Crippen molar-refractivity contribution in [1.29, 1.82) is 0 Å². The van der Waals surface area contributed by atoms with Crippen LogP contribution in [0.4, 0.5) is 8.78 Å². The van der Waals surface area contributed by atoms with Gasteiger partial charge in [0.15, 0.2) is 11.6 Å². The van der Waals surface area contributed by atoms with Crippen LogP contribution in [-0.2, 0) is 13.1 Å². The van der Waals surface area contributed by atoms with Gasteiger partial charge in [-0.15, -0.1) is 0 Å². The second-order valence-electron chi connectivity index (χ2n) is 7.11. The zero-order valence-electron chi connectivity index (χ0n) is 15.9. The second kappa shape index (κ2) is 9.32. The molecule has 1 aliphatic rings. The van der Waals surface area contributed by atoms with E-state index in [1.165, 1.54) is 6.07 Å². The molecule has 1 saturated heterocycles. The van der Waals surface area contributed by atoms with Crippen LogP contribution in [0.25, 0.3) is 0 Å². The number of phenols is 1. The number of benzene rings is 2. The molecule has 0 spiro atoms. The molecular formula is C21H26F2N2O3. The lowest BCUT2D eigenvalue weighted by molar-refractivity contribution is 0.0495. The van der Waals surface area contributed by atoms with Crippen LogP contribution in [0, 0.1) is 11.6 Å². The Hall–Kier alpha value is -2.22. The van der Waals surface area contributed by atoms with E-state index in [-0.39, 0.29) is 18.4 Å². The summed E-state index contributed by atoms with van der Waals surface area (Å²) in [6.07, 6.45) is 0.592. The average molecular weight is 392 g/mol. The standard InChI is InChI=1S/C21H26F2N2O3/c1-28-18-4-3-16(21(27)11-18)13-24-7-8-25(17(14-24)6-9-26)12-15-2-5-19(22)20(23)10-15/h2-5,10-11,17,26-27H,6-9,12-14H2,1H3. The van der Waals surface area contributed by atoms with Gasteiger partial charge < -0.3 is 14.9 Å². The topological polar surface area (TPSA) is 56.2 Å². The van der Waals surface area contributed by atoms with Gasteiger partial charge in [-0.1, -0.05) is 12.1 Å². The summed E-state index contributed by atoms with van der Waals surface area (Å²) in [5, 5.41) is 19.6. The lowest BCUT2D eigenvalue weighted by Crippen LogP contribution is -2.52. The van der Waals surface area contributed by atoms with Gasteiger partial charge in [0.05, 0.1) is 7.11 Å². The lowest BCUT2D eigenvalue weighted by atomic mass is 10.1. The first-order valence-electron chi connectivity index (χ1n) is 9.37. The van der Waals surface area contributed by atoms with Gasteiger partial charge in [-0.05, 0) is 30.2 Å². The molecule has 0 amide bonds. The quantitative estimate of drug-likeness (QED) is 0.759. The van der Waals surface area contributed by atoms with Crippen molar-refractivity contribution in [2.45, 2.75) is 25.6 Å². The monoisotopic (exact) mass is 392 g/mol. The molecule has 0 aromatic heterocycles. The Morgan fingerprint density at radius 1 is 1.07 bits per heavy atom. The third-order valence-electron chi connectivity index (χ3n) is 5.21. The van der Waals surface area contributed by atoms with Gasteiger partial charge in [0, 0.05) is 57.0 Å². The normalized spacial score (nSPS) is 18.4. The van der Waals surface area contributed by atoms with E-state index in [2.05, 4.69) is 9.80 Å². The van der Waals surface area contributed by atoms with Crippen molar-refractivity contribution in [1.82, 2.24) is 9.80 Å². The molecule has 2 aromatic carbocycles. The van der Waals surface area contributed by atoms with E-state index in [1.807, 2.05) is 12.1 Å². The van der Waals surface area contributed by atoms with Crippen LogP contribution in [0.1, 0.15) is 17.5 Å². The van der Waals surface area contributed by atoms with Gasteiger partial charge in [0.25, 0.3) is 0 Å². The van der Waals surface area contributed by atoms with Crippen LogP contribution in [0.2, 0.25) is 0 Å². The van der Waals surface area contributed by atoms with E-state index in [4.69, 9.17) is 4.74 Å². The second-order valence-corrected chi connectivity index (χ2v) is 7.11. The summed E-state index contributed by atoms with van der Waals surface area (Å²) in [6.45, 7) is 3.38. The summed E-state index contributed by atoms with van der Waals surface area (Å²) >= 11 is 0. The summed E-state index contributed by atoms with van der Waals surface area (Å²) in [6, 6.07) is 9.33. The lowest BCUT2D eigenvalue weighted by Gasteiger charge is -2.41. The third kappa shape index (κ3) is 4.98. The number of ether oxygens (including phenoxy) is 1. The maximum atomic E-state index is 13.5. The van der Waals surface area contributed by atoms with Crippen molar-refractivity contribution in [2.75, 3.05) is 33.4 Å². The number of methoxy groups -OCH3 is 1. The molecule has 1 fully saturated rings. The fourth-order valence-electron chi connectivity index (χ4n) is 3.65. The first-order valence-corrected chi connectivity index (χ1v) is 9.37. The molecule has 0 aliphatic carbocycles. The summed E-state index contributed by atoms with van der Waals surface area (Å²) < 4.78 is 31.8. The van der Waals surface area contributed by atoms with E-state index in [9.17, 15) is 19.0 Å². The molecule has 3 rings (SSSR count). The third-order valence-corrected chi connectivity index (χ3v) is 5.21. The molecule has 5 nitrogen and oxygen atoms in total. The number of piperazine rings is 1. The number of phenolic OH excluding ortho intramolecular Hbond substituents is 1. The minimum atomic E-state index is -0.847. The number of halogens is 2. The molecule has 2 aromatic rings. The van der Waals surface area contributed by atoms with Crippen LogP contribution in [-0.4, -0.2) is 59.4 Å². The van der Waals surface area contributed by atoms with Crippen molar-refractivity contribution in [3.8, 4) is 11.5 Å². The predicted molar refractivity (Wildman–Crippen MR) is 102 cm³/mol.